The lowest BCUT2D eigenvalue weighted by atomic mass is 10.1. The lowest BCUT2D eigenvalue weighted by Crippen LogP contribution is -2.03. The van der Waals surface area contributed by atoms with E-state index < -0.39 is 11.7 Å². The van der Waals surface area contributed by atoms with Crippen LogP contribution in [0, 0.1) is 0 Å². The van der Waals surface area contributed by atoms with Gasteiger partial charge in [-0.15, -0.1) is 21.5 Å². The summed E-state index contributed by atoms with van der Waals surface area (Å²) >= 11 is 1.45. The molecule has 3 nitrogen and oxygen atoms in total. The van der Waals surface area contributed by atoms with E-state index in [2.05, 4.69) is 10.2 Å². The minimum Gasteiger partial charge on any atom is -0.415 e. The summed E-state index contributed by atoms with van der Waals surface area (Å²) < 4.78 is 42.8. The molecule has 3 rings (SSSR count). The van der Waals surface area contributed by atoms with Gasteiger partial charge in [0.25, 0.3) is 5.89 Å². The number of hydrogen-bond acceptors (Lipinski definition) is 4. The van der Waals surface area contributed by atoms with Crippen molar-refractivity contribution < 1.29 is 17.6 Å². The Bertz CT molecular complexity index is 702. The number of aromatic nitrogens is 2. The van der Waals surface area contributed by atoms with Gasteiger partial charge in [0, 0.05) is 5.56 Å². The van der Waals surface area contributed by atoms with E-state index in [9.17, 15) is 13.2 Å². The molecule has 0 aliphatic heterocycles. The van der Waals surface area contributed by atoms with Crippen molar-refractivity contribution in [2.45, 2.75) is 6.18 Å². The Hall–Kier alpha value is -2.15. The Morgan fingerprint density at radius 3 is 2.25 bits per heavy atom. The Kier molecular flexibility index (Phi) is 3.06. The summed E-state index contributed by atoms with van der Waals surface area (Å²) in [5.41, 5.74) is -0.257. The predicted octanol–water partition coefficient (Wildman–Crippen LogP) is 4.48. The van der Waals surface area contributed by atoms with Gasteiger partial charge in [0.1, 0.15) is 0 Å². The molecule has 0 spiro atoms. The summed E-state index contributed by atoms with van der Waals surface area (Å²) in [6.45, 7) is 0. The van der Waals surface area contributed by atoms with Crippen LogP contribution in [0.5, 0.6) is 0 Å². The van der Waals surface area contributed by atoms with Gasteiger partial charge in [-0.25, -0.2) is 0 Å². The molecule has 0 amide bonds. The molecule has 3 aromatic rings. The van der Waals surface area contributed by atoms with Crippen LogP contribution in [0.25, 0.3) is 22.2 Å². The van der Waals surface area contributed by atoms with Gasteiger partial charge in [0.2, 0.25) is 5.89 Å². The smallest absolute Gasteiger partial charge is 0.415 e. The van der Waals surface area contributed by atoms with E-state index in [1.807, 2.05) is 17.5 Å². The van der Waals surface area contributed by atoms with Gasteiger partial charge in [-0.1, -0.05) is 6.07 Å². The minimum absolute atomic E-state index is 0.196. The van der Waals surface area contributed by atoms with E-state index in [0.29, 0.717) is 11.5 Å². The number of alkyl halides is 3. The maximum Gasteiger partial charge on any atom is 0.416 e. The van der Waals surface area contributed by atoms with Crippen LogP contribution in [0.2, 0.25) is 0 Å². The van der Waals surface area contributed by atoms with Crippen LogP contribution >= 0.6 is 11.3 Å². The first-order valence-corrected chi connectivity index (χ1v) is 6.47. The zero-order valence-corrected chi connectivity index (χ0v) is 10.7. The Morgan fingerprint density at radius 2 is 1.65 bits per heavy atom. The van der Waals surface area contributed by atoms with Crippen molar-refractivity contribution in [2.24, 2.45) is 0 Å². The first-order valence-electron chi connectivity index (χ1n) is 5.59. The van der Waals surface area contributed by atoms with E-state index in [4.69, 9.17) is 4.42 Å². The van der Waals surface area contributed by atoms with Crippen LogP contribution in [0.15, 0.2) is 46.2 Å². The molecule has 0 unspecified atom stereocenters. The first kappa shape index (κ1) is 12.9. The maximum absolute atomic E-state index is 12.5. The average Bonchev–Trinajstić information content (AvgIpc) is 3.09. The Balaban J connectivity index is 1.90. The van der Waals surface area contributed by atoms with Crippen LogP contribution in [0.1, 0.15) is 5.56 Å². The van der Waals surface area contributed by atoms with Gasteiger partial charge >= 0.3 is 6.18 Å². The van der Waals surface area contributed by atoms with Gasteiger partial charge in [-0.2, -0.15) is 13.2 Å². The van der Waals surface area contributed by atoms with Crippen LogP contribution < -0.4 is 0 Å². The first-order chi connectivity index (χ1) is 9.54. The van der Waals surface area contributed by atoms with Crippen molar-refractivity contribution in [3.8, 4) is 22.2 Å². The SMILES string of the molecule is FC(F)(F)c1ccc(-c2nnc(-c3cccs3)o2)cc1. The second-order valence-corrected chi connectivity index (χ2v) is 4.91. The number of thiophene rings is 1. The number of nitrogens with zero attached hydrogens (tertiary/aromatic N) is 2. The molecule has 0 N–H and O–H groups in total. The van der Waals surface area contributed by atoms with Crippen LogP contribution in [-0.2, 0) is 6.18 Å². The molecule has 7 heteroatoms. The standard InChI is InChI=1S/C13H7F3N2OS/c14-13(15,16)9-5-3-8(4-6-9)11-17-18-12(19-11)10-2-1-7-20-10/h1-7H. The number of benzene rings is 1. The normalized spacial score (nSPS) is 11.8. The lowest BCUT2D eigenvalue weighted by molar-refractivity contribution is -0.137. The minimum atomic E-state index is -4.35. The summed E-state index contributed by atoms with van der Waals surface area (Å²) in [6.07, 6.45) is -4.35. The molecular formula is C13H7F3N2OS. The van der Waals surface area contributed by atoms with Crippen LogP contribution in [-0.4, -0.2) is 10.2 Å². The molecule has 0 bridgehead atoms. The third-order valence-electron chi connectivity index (χ3n) is 2.62. The molecule has 0 atom stereocenters. The van der Waals surface area contributed by atoms with Gasteiger partial charge in [-0.05, 0) is 35.7 Å². The van der Waals surface area contributed by atoms with Gasteiger partial charge in [0.15, 0.2) is 0 Å². The molecular weight excluding hydrogens is 289 g/mol. The molecule has 0 saturated heterocycles. The van der Waals surface area contributed by atoms with Crippen molar-refractivity contribution in [3.63, 3.8) is 0 Å². The monoisotopic (exact) mass is 296 g/mol. The summed E-state index contributed by atoms with van der Waals surface area (Å²) in [7, 11) is 0. The maximum atomic E-state index is 12.5. The molecule has 1 aromatic carbocycles. The third-order valence-corrected chi connectivity index (χ3v) is 3.47. The van der Waals surface area contributed by atoms with Crippen molar-refractivity contribution in [1.29, 1.82) is 0 Å². The molecule has 2 aromatic heterocycles. The van der Waals surface area contributed by atoms with Gasteiger partial charge < -0.3 is 4.42 Å². The second-order valence-electron chi connectivity index (χ2n) is 3.96. The zero-order valence-electron chi connectivity index (χ0n) is 9.89. The van der Waals surface area contributed by atoms with Crippen molar-refractivity contribution in [1.82, 2.24) is 10.2 Å². The third kappa shape index (κ3) is 2.44. The molecule has 0 saturated carbocycles. The van der Waals surface area contributed by atoms with Crippen molar-refractivity contribution in [2.75, 3.05) is 0 Å². The molecule has 20 heavy (non-hydrogen) atoms. The quantitative estimate of drug-likeness (QED) is 0.699. The summed E-state index contributed by atoms with van der Waals surface area (Å²) in [5.74, 6) is 0.553. The second kappa shape index (κ2) is 4.75. The molecule has 102 valence electrons. The van der Waals surface area contributed by atoms with E-state index in [-0.39, 0.29) is 5.89 Å². The average molecular weight is 296 g/mol. The summed E-state index contributed by atoms with van der Waals surface area (Å²) in [6, 6.07) is 8.29. The molecule has 0 fully saturated rings. The topological polar surface area (TPSA) is 38.9 Å². The van der Waals surface area contributed by atoms with Crippen LogP contribution in [0.4, 0.5) is 13.2 Å². The molecule has 2 heterocycles. The fourth-order valence-corrected chi connectivity index (χ4v) is 2.29. The number of hydrogen-bond donors (Lipinski definition) is 0. The van der Waals surface area contributed by atoms with E-state index in [1.165, 1.54) is 23.5 Å². The fraction of sp³-hybridized carbons (Fsp3) is 0.0769. The Morgan fingerprint density at radius 1 is 0.950 bits per heavy atom. The van der Waals surface area contributed by atoms with E-state index >= 15 is 0 Å². The lowest BCUT2D eigenvalue weighted by Gasteiger charge is -2.05. The Labute approximate surface area is 115 Å². The highest BCUT2D eigenvalue weighted by atomic mass is 32.1. The zero-order chi connectivity index (χ0) is 14.2. The molecule has 0 aliphatic rings. The van der Waals surface area contributed by atoms with Crippen molar-refractivity contribution >= 4 is 11.3 Å². The molecule has 0 aliphatic carbocycles. The van der Waals surface area contributed by atoms with E-state index in [1.54, 1.807) is 0 Å². The largest absolute Gasteiger partial charge is 0.416 e. The highest BCUT2D eigenvalue weighted by molar-refractivity contribution is 7.13. The highest BCUT2D eigenvalue weighted by Crippen LogP contribution is 2.31. The van der Waals surface area contributed by atoms with Crippen LogP contribution in [0.3, 0.4) is 0 Å². The number of halogens is 3. The van der Waals surface area contributed by atoms with Crippen molar-refractivity contribution in [3.05, 3.63) is 47.3 Å². The van der Waals surface area contributed by atoms with Gasteiger partial charge in [-0.3, -0.25) is 0 Å². The molecule has 0 radical (unpaired) electrons. The summed E-state index contributed by atoms with van der Waals surface area (Å²) in [5, 5.41) is 9.59. The summed E-state index contributed by atoms with van der Waals surface area (Å²) in [4.78, 5) is 0.815. The highest BCUT2D eigenvalue weighted by Gasteiger charge is 2.30. The van der Waals surface area contributed by atoms with Gasteiger partial charge in [0.05, 0.1) is 10.4 Å². The van der Waals surface area contributed by atoms with E-state index in [0.717, 1.165) is 17.0 Å². The fourth-order valence-electron chi connectivity index (χ4n) is 1.64. The predicted molar refractivity (Wildman–Crippen MR) is 68.0 cm³/mol. The number of rotatable bonds is 2.